The molecular formula is C28H30FNO4. The molecule has 2 N–H and O–H groups in total. The Balaban J connectivity index is 1.59. The molecular weight excluding hydrogens is 433 g/mol. The molecule has 4 rings (SSSR count). The van der Waals surface area contributed by atoms with E-state index in [9.17, 15) is 14.3 Å². The number of rotatable bonds is 7. The number of carboxylic acid groups (broad SMARTS) is 1. The third-order valence-corrected chi connectivity index (χ3v) is 6.61. The van der Waals surface area contributed by atoms with Gasteiger partial charge in [-0.15, -0.1) is 0 Å². The Morgan fingerprint density at radius 1 is 1.18 bits per heavy atom. The lowest BCUT2D eigenvalue weighted by Gasteiger charge is -2.34. The van der Waals surface area contributed by atoms with Crippen molar-refractivity contribution in [3.63, 3.8) is 0 Å². The van der Waals surface area contributed by atoms with Crippen molar-refractivity contribution >= 4 is 5.97 Å². The molecule has 34 heavy (non-hydrogen) atoms. The van der Waals surface area contributed by atoms with E-state index < -0.39 is 5.97 Å². The van der Waals surface area contributed by atoms with Gasteiger partial charge in [0.15, 0.2) is 11.6 Å². The van der Waals surface area contributed by atoms with Crippen molar-refractivity contribution in [1.29, 1.82) is 0 Å². The van der Waals surface area contributed by atoms with Gasteiger partial charge in [0.05, 0.1) is 12.7 Å². The van der Waals surface area contributed by atoms with Crippen molar-refractivity contribution in [2.24, 2.45) is 0 Å². The normalized spacial score (nSPS) is 18.0. The summed E-state index contributed by atoms with van der Waals surface area (Å²) in [6.45, 7) is 6.42. The van der Waals surface area contributed by atoms with Crippen LogP contribution in [0.1, 0.15) is 63.5 Å². The Bertz CT molecular complexity index is 1210. The number of methoxy groups -OCH3 is 1. The van der Waals surface area contributed by atoms with E-state index in [2.05, 4.69) is 17.4 Å². The van der Waals surface area contributed by atoms with Crippen LogP contribution in [0.5, 0.6) is 11.5 Å². The van der Waals surface area contributed by atoms with Crippen LogP contribution < -0.4 is 14.8 Å². The van der Waals surface area contributed by atoms with Gasteiger partial charge in [-0.05, 0) is 73.7 Å². The number of benzene rings is 3. The molecule has 0 saturated carbocycles. The lowest BCUT2D eigenvalue weighted by atomic mass is 9.80. The zero-order valence-electron chi connectivity index (χ0n) is 19.9. The van der Waals surface area contributed by atoms with Crippen LogP contribution >= 0.6 is 0 Å². The molecule has 0 bridgehead atoms. The summed E-state index contributed by atoms with van der Waals surface area (Å²) in [5.74, 6) is -0.235. The third kappa shape index (κ3) is 4.77. The zero-order valence-corrected chi connectivity index (χ0v) is 19.9. The number of aromatic carboxylic acids is 1. The summed E-state index contributed by atoms with van der Waals surface area (Å²) in [5, 5.41) is 13.2. The largest absolute Gasteiger partial charge is 0.494 e. The molecule has 3 aromatic rings. The second kappa shape index (κ2) is 9.85. The number of halogens is 1. The van der Waals surface area contributed by atoms with E-state index in [4.69, 9.17) is 9.47 Å². The van der Waals surface area contributed by atoms with E-state index >= 15 is 0 Å². The minimum Gasteiger partial charge on any atom is -0.494 e. The van der Waals surface area contributed by atoms with Crippen LogP contribution in [-0.2, 0) is 0 Å². The van der Waals surface area contributed by atoms with E-state index in [-0.39, 0.29) is 29.6 Å². The van der Waals surface area contributed by atoms with Crippen LogP contribution in [0.25, 0.3) is 0 Å². The SMILES string of the molecule is COc1cc([C@@H](C)NC[C@H]2CC(c3cc(C)cc(C(=O)O)c3C)c3ccccc3O2)ccc1F. The quantitative estimate of drug-likeness (QED) is 0.465. The van der Waals surface area contributed by atoms with Gasteiger partial charge < -0.3 is 19.9 Å². The molecule has 0 spiro atoms. The van der Waals surface area contributed by atoms with E-state index in [1.54, 1.807) is 18.2 Å². The molecule has 1 aliphatic rings. The van der Waals surface area contributed by atoms with Gasteiger partial charge in [-0.1, -0.05) is 30.3 Å². The molecule has 0 saturated heterocycles. The number of carboxylic acids is 1. The number of carbonyl (C=O) groups is 1. The number of nitrogens with one attached hydrogen (secondary N) is 1. The number of hydrogen-bond acceptors (Lipinski definition) is 4. The minimum absolute atomic E-state index is 0.0240. The lowest BCUT2D eigenvalue weighted by molar-refractivity contribution is 0.0696. The molecule has 1 aliphatic heterocycles. The first-order chi connectivity index (χ1) is 16.3. The Hall–Kier alpha value is -3.38. The fourth-order valence-electron chi connectivity index (χ4n) is 4.76. The van der Waals surface area contributed by atoms with Gasteiger partial charge in [0, 0.05) is 24.1 Å². The van der Waals surface area contributed by atoms with Crippen molar-refractivity contribution in [2.75, 3.05) is 13.7 Å². The highest BCUT2D eigenvalue weighted by Gasteiger charge is 2.31. The van der Waals surface area contributed by atoms with Crippen molar-refractivity contribution in [3.8, 4) is 11.5 Å². The van der Waals surface area contributed by atoms with Gasteiger partial charge in [-0.2, -0.15) is 0 Å². The third-order valence-electron chi connectivity index (χ3n) is 6.61. The van der Waals surface area contributed by atoms with Crippen molar-refractivity contribution in [3.05, 3.63) is 93.8 Å². The van der Waals surface area contributed by atoms with E-state index in [1.807, 2.05) is 39.0 Å². The van der Waals surface area contributed by atoms with Gasteiger partial charge in [-0.3, -0.25) is 0 Å². The molecule has 6 heteroatoms. The molecule has 3 aromatic carbocycles. The Kier molecular flexibility index (Phi) is 6.89. The predicted molar refractivity (Wildman–Crippen MR) is 130 cm³/mol. The zero-order chi connectivity index (χ0) is 24.4. The maximum absolute atomic E-state index is 13.8. The maximum atomic E-state index is 13.8. The number of fused-ring (bicyclic) bond motifs is 1. The molecule has 0 aromatic heterocycles. The van der Waals surface area contributed by atoms with E-state index in [1.165, 1.54) is 13.2 Å². The van der Waals surface area contributed by atoms with Gasteiger partial charge in [0.2, 0.25) is 0 Å². The van der Waals surface area contributed by atoms with Crippen molar-refractivity contribution < 1.29 is 23.8 Å². The average Bonchev–Trinajstić information content (AvgIpc) is 2.83. The van der Waals surface area contributed by atoms with E-state index in [0.29, 0.717) is 18.5 Å². The summed E-state index contributed by atoms with van der Waals surface area (Å²) < 4.78 is 25.2. The van der Waals surface area contributed by atoms with E-state index in [0.717, 1.165) is 33.6 Å². The topological polar surface area (TPSA) is 67.8 Å². The summed E-state index contributed by atoms with van der Waals surface area (Å²) in [4.78, 5) is 11.8. The van der Waals surface area contributed by atoms with Gasteiger partial charge >= 0.3 is 5.97 Å². The average molecular weight is 464 g/mol. The molecule has 178 valence electrons. The Morgan fingerprint density at radius 2 is 1.94 bits per heavy atom. The second-order valence-corrected chi connectivity index (χ2v) is 8.92. The molecule has 1 unspecified atom stereocenters. The first-order valence-corrected chi connectivity index (χ1v) is 11.4. The number of ether oxygens (including phenoxy) is 2. The summed E-state index contributed by atoms with van der Waals surface area (Å²) in [6.07, 6.45) is 0.602. The van der Waals surface area contributed by atoms with Crippen LogP contribution in [0.2, 0.25) is 0 Å². The fraction of sp³-hybridized carbons (Fsp3) is 0.321. The summed E-state index contributed by atoms with van der Waals surface area (Å²) in [6, 6.07) is 16.6. The summed E-state index contributed by atoms with van der Waals surface area (Å²) in [7, 11) is 1.46. The second-order valence-electron chi connectivity index (χ2n) is 8.92. The number of hydrogen-bond donors (Lipinski definition) is 2. The van der Waals surface area contributed by atoms with Crippen LogP contribution in [0.3, 0.4) is 0 Å². The number of aryl methyl sites for hydroxylation is 1. The first kappa shape index (κ1) is 23.8. The molecule has 1 heterocycles. The highest BCUT2D eigenvalue weighted by Crippen LogP contribution is 2.42. The van der Waals surface area contributed by atoms with Crippen LogP contribution in [0.4, 0.5) is 4.39 Å². The van der Waals surface area contributed by atoms with Gasteiger partial charge in [0.25, 0.3) is 0 Å². The minimum atomic E-state index is -0.912. The predicted octanol–water partition coefficient (Wildman–Crippen LogP) is 5.78. The first-order valence-electron chi connectivity index (χ1n) is 11.4. The molecule has 0 amide bonds. The van der Waals surface area contributed by atoms with Crippen molar-refractivity contribution in [1.82, 2.24) is 5.32 Å². The molecule has 5 nitrogen and oxygen atoms in total. The molecule has 3 atom stereocenters. The maximum Gasteiger partial charge on any atom is 0.335 e. The van der Waals surface area contributed by atoms with Gasteiger partial charge in [-0.25, -0.2) is 9.18 Å². The standard InChI is InChI=1S/C28H30FNO4/c1-16-11-22(17(2)23(12-16)28(31)32)24-14-20(34-26-8-6-5-7-21(24)26)15-30-18(3)19-9-10-25(29)27(13-19)33-4/h5-13,18,20,24,30H,14-15H2,1-4H3,(H,31,32)/t18-,20-,24?/m1/s1. The van der Waals surface area contributed by atoms with Crippen LogP contribution in [0.15, 0.2) is 54.6 Å². The fourth-order valence-corrected chi connectivity index (χ4v) is 4.76. The van der Waals surface area contributed by atoms with Crippen LogP contribution in [-0.4, -0.2) is 30.8 Å². The molecule has 0 aliphatic carbocycles. The Labute approximate surface area is 199 Å². The molecule has 0 fully saturated rings. The highest BCUT2D eigenvalue weighted by molar-refractivity contribution is 5.90. The van der Waals surface area contributed by atoms with Crippen molar-refractivity contribution in [2.45, 2.75) is 45.3 Å². The molecule has 0 radical (unpaired) electrons. The highest BCUT2D eigenvalue weighted by atomic mass is 19.1. The summed E-state index contributed by atoms with van der Waals surface area (Å²) >= 11 is 0. The monoisotopic (exact) mass is 463 g/mol. The van der Waals surface area contributed by atoms with Crippen LogP contribution in [0, 0.1) is 19.7 Å². The smallest absolute Gasteiger partial charge is 0.335 e. The lowest BCUT2D eigenvalue weighted by Crippen LogP contribution is -2.37. The summed E-state index contributed by atoms with van der Waals surface area (Å²) in [5.41, 5.74) is 5.07. The Morgan fingerprint density at radius 3 is 2.68 bits per heavy atom. The van der Waals surface area contributed by atoms with Gasteiger partial charge in [0.1, 0.15) is 11.9 Å². The number of para-hydroxylation sites is 1.